The van der Waals surface area contributed by atoms with Crippen LogP contribution in [0.5, 0.6) is 0 Å². The minimum atomic E-state index is -0.585. The first kappa shape index (κ1) is 16.9. The lowest BCUT2D eigenvalue weighted by atomic mass is 10.1. The molecule has 1 aromatic carbocycles. The Morgan fingerprint density at radius 3 is 2.84 bits per heavy atom. The van der Waals surface area contributed by atoms with Crippen LogP contribution in [-0.4, -0.2) is 18.4 Å². The zero-order chi connectivity index (χ0) is 17.8. The zero-order valence-corrected chi connectivity index (χ0v) is 14.2. The Hall–Kier alpha value is -2.93. The van der Waals surface area contributed by atoms with Gasteiger partial charge in [-0.2, -0.15) is 0 Å². The third kappa shape index (κ3) is 4.13. The van der Waals surface area contributed by atoms with E-state index in [0.29, 0.717) is 21.4 Å². The number of benzene rings is 1. The number of carbonyl (C=O) groups is 2. The van der Waals surface area contributed by atoms with Crippen molar-refractivity contribution in [2.24, 2.45) is 0 Å². The summed E-state index contributed by atoms with van der Waals surface area (Å²) >= 11 is 1.29. The lowest BCUT2D eigenvalue weighted by molar-refractivity contribution is -0.143. The van der Waals surface area contributed by atoms with Gasteiger partial charge in [-0.05, 0) is 30.0 Å². The van der Waals surface area contributed by atoms with Crippen molar-refractivity contribution < 1.29 is 18.7 Å². The molecule has 0 aliphatic rings. The molecule has 3 aromatic rings. The molecule has 0 bridgehead atoms. The summed E-state index contributed by atoms with van der Waals surface area (Å²) in [6.07, 6.45) is 0. The molecule has 0 radical (unpaired) electrons. The normalized spacial score (nSPS) is 10.6. The van der Waals surface area contributed by atoms with E-state index in [1.165, 1.54) is 17.4 Å². The van der Waals surface area contributed by atoms with E-state index >= 15 is 0 Å². The second-order valence-corrected chi connectivity index (χ2v) is 6.36. The number of fused-ring (bicyclic) bond motifs is 1. The van der Waals surface area contributed by atoms with Crippen LogP contribution in [0.4, 0.5) is 0 Å². The maximum atomic E-state index is 11.8. The SMILES string of the molecule is Cc1ccc2c(COC(=O)CNC(=O)c3cccs3)cc(=O)oc2c1. The van der Waals surface area contributed by atoms with Gasteiger partial charge in [0.15, 0.2) is 0 Å². The molecule has 0 spiro atoms. The number of esters is 1. The van der Waals surface area contributed by atoms with E-state index in [9.17, 15) is 14.4 Å². The van der Waals surface area contributed by atoms with E-state index in [0.717, 1.165) is 5.56 Å². The van der Waals surface area contributed by atoms with Gasteiger partial charge in [0.1, 0.15) is 18.7 Å². The van der Waals surface area contributed by atoms with Crippen molar-refractivity contribution >= 4 is 34.2 Å². The van der Waals surface area contributed by atoms with Crippen molar-refractivity contribution in [3.05, 3.63) is 68.2 Å². The Bertz CT molecular complexity index is 975. The van der Waals surface area contributed by atoms with Crippen LogP contribution >= 0.6 is 11.3 Å². The average Bonchev–Trinajstić information content (AvgIpc) is 3.11. The molecule has 0 unspecified atom stereocenters. The van der Waals surface area contributed by atoms with Gasteiger partial charge in [0.25, 0.3) is 5.91 Å². The monoisotopic (exact) mass is 357 g/mol. The number of amides is 1. The minimum absolute atomic E-state index is 0.0706. The summed E-state index contributed by atoms with van der Waals surface area (Å²) in [5.41, 5.74) is 1.46. The van der Waals surface area contributed by atoms with Gasteiger partial charge in [-0.15, -0.1) is 11.3 Å². The third-order valence-corrected chi connectivity index (χ3v) is 4.38. The van der Waals surface area contributed by atoms with Gasteiger partial charge >= 0.3 is 11.6 Å². The predicted octanol–water partition coefficient (Wildman–Crippen LogP) is 2.64. The summed E-state index contributed by atoms with van der Waals surface area (Å²) < 4.78 is 10.3. The van der Waals surface area contributed by atoms with Crippen molar-refractivity contribution in [1.82, 2.24) is 5.32 Å². The van der Waals surface area contributed by atoms with Crippen LogP contribution in [0.1, 0.15) is 20.8 Å². The van der Waals surface area contributed by atoms with Gasteiger partial charge in [0, 0.05) is 17.0 Å². The van der Waals surface area contributed by atoms with Crippen molar-refractivity contribution in [2.45, 2.75) is 13.5 Å². The van der Waals surface area contributed by atoms with Crippen molar-refractivity contribution in [3.63, 3.8) is 0 Å². The highest BCUT2D eigenvalue weighted by Gasteiger charge is 2.11. The first-order chi connectivity index (χ1) is 12.0. The first-order valence-electron chi connectivity index (χ1n) is 7.53. The summed E-state index contributed by atoms with van der Waals surface area (Å²) in [6, 6.07) is 10.2. The van der Waals surface area contributed by atoms with E-state index in [2.05, 4.69) is 5.32 Å². The summed E-state index contributed by atoms with van der Waals surface area (Å²) in [4.78, 5) is 35.8. The van der Waals surface area contributed by atoms with E-state index in [-0.39, 0.29) is 19.1 Å². The standard InChI is InChI=1S/C18H15NO5S/c1-11-4-5-13-12(8-16(20)24-14(13)7-11)10-23-17(21)9-19-18(22)15-3-2-6-25-15/h2-8H,9-10H2,1H3,(H,19,22). The van der Waals surface area contributed by atoms with Crippen LogP contribution in [0.3, 0.4) is 0 Å². The second-order valence-electron chi connectivity index (χ2n) is 5.41. The Balaban J connectivity index is 1.63. The number of rotatable bonds is 5. The van der Waals surface area contributed by atoms with Gasteiger partial charge in [-0.25, -0.2) is 4.79 Å². The quantitative estimate of drug-likeness (QED) is 0.560. The van der Waals surface area contributed by atoms with Gasteiger partial charge in [-0.1, -0.05) is 18.2 Å². The molecule has 0 aliphatic heterocycles. The van der Waals surface area contributed by atoms with Gasteiger partial charge in [0.2, 0.25) is 0 Å². The number of ether oxygens (including phenoxy) is 1. The Morgan fingerprint density at radius 1 is 1.24 bits per heavy atom. The van der Waals surface area contributed by atoms with E-state index in [1.807, 2.05) is 19.1 Å². The summed E-state index contributed by atoms with van der Waals surface area (Å²) in [7, 11) is 0. The first-order valence-corrected chi connectivity index (χ1v) is 8.41. The summed E-state index contributed by atoms with van der Waals surface area (Å²) in [6.45, 7) is 1.58. The van der Waals surface area contributed by atoms with Crippen molar-refractivity contribution in [2.75, 3.05) is 6.54 Å². The number of nitrogens with one attached hydrogen (secondary N) is 1. The fraction of sp³-hybridized carbons (Fsp3) is 0.167. The number of hydrogen-bond donors (Lipinski definition) is 1. The van der Waals surface area contributed by atoms with Gasteiger partial charge < -0.3 is 14.5 Å². The lowest BCUT2D eigenvalue weighted by Gasteiger charge is -2.08. The largest absolute Gasteiger partial charge is 0.459 e. The molecule has 0 aliphatic carbocycles. The highest BCUT2D eigenvalue weighted by atomic mass is 32.1. The summed E-state index contributed by atoms with van der Waals surface area (Å²) in [5.74, 6) is -0.911. The smallest absolute Gasteiger partial charge is 0.336 e. The van der Waals surface area contributed by atoms with Crippen molar-refractivity contribution in [3.8, 4) is 0 Å². The highest BCUT2D eigenvalue weighted by molar-refractivity contribution is 7.12. The highest BCUT2D eigenvalue weighted by Crippen LogP contribution is 2.19. The number of thiophene rings is 1. The van der Waals surface area contributed by atoms with Crippen LogP contribution in [-0.2, 0) is 16.1 Å². The van der Waals surface area contributed by atoms with Crippen LogP contribution in [0.2, 0.25) is 0 Å². The van der Waals surface area contributed by atoms with Crippen LogP contribution in [0.15, 0.2) is 51.0 Å². The molecule has 0 atom stereocenters. The molecule has 0 saturated heterocycles. The van der Waals surface area contributed by atoms with Crippen LogP contribution < -0.4 is 10.9 Å². The molecular weight excluding hydrogens is 342 g/mol. The molecule has 2 heterocycles. The molecule has 128 valence electrons. The molecule has 3 rings (SSSR count). The second kappa shape index (κ2) is 7.31. The van der Waals surface area contributed by atoms with Crippen molar-refractivity contribution in [1.29, 1.82) is 0 Å². The van der Waals surface area contributed by atoms with E-state index in [4.69, 9.17) is 9.15 Å². The number of aryl methyl sites for hydroxylation is 1. The molecule has 7 heteroatoms. The van der Waals surface area contributed by atoms with Crippen LogP contribution in [0, 0.1) is 6.92 Å². The summed E-state index contributed by atoms with van der Waals surface area (Å²) in [5, 5.41) is 4.98. The zero-order valence-electron chi connectivity index (χ0n) is 13.4. The lowest BCUT2D eigenvalue weighted by Crippen LogP contribution is -2.30. The molecule has 0 saturated carbocycles. The van der Waals surface area contributed by atoms with Gasteiger partial charge in [0.05, 0.1) is 4.88 Å². The Morgan fingerprint density at radius 2 is 2.08 bits per heavy atom. The Kier molecular flexibility index (Phi) is 4.95. The molecule has 0 fully saturated rings. The Labute approximate surface area is 147 Å². The number of hydrogen-bond acceptors (Lipinski definition) is 6. The van der Waals surface area contributed by atoms with Gasteiger partial charge in [-0.3, -0.25) is 9.59 Å². The maximum absolute atomic E-state index is 11.8. The molecule has 6 nitrogen and oxygen atoms in total. The molecule has 1 amide bonds. The minimum Gasteiger partial charge on any atom is -0.459 e. The predicted molar refractivity (Wildman–Crippen MR) is 93.7 cm³/mol. The fourth-order valence-corrected chi connectivity index (χ4v) is 2.95. The van der Waals surface area contributed by atoms with E-state index in [1.54, 1.807) is 23.6 Å². The average molecular weight is 357 g/mol. The molecular formula is C18H15NO5S. The molecule has 2 aromatic heterocycles. The van der Waals surface area contributed by atoms with E-state index < -0.39 is 11.6 Å². The van der Waals surface area contributed by atoms with Crippen LogP contribution in [0.25, 0.3) is 11.0 Å². The fourth-order valence-electron chi connectivity index (χ4n) is 2.31. The third-order valence-electron chi connectivity index (χ3n) is 3.51. The topological polar surface area (TPSA) is 85.6 Å². The molecule has 25 heavy (non-hydrogen) atoms. The maximum Gasteiger partial charge on any atom is 0.336 e. The number of carbonyl (C=O) groups excluding carboxylic acids is 2. The molecule has 1 N–H and O–H groups in total.